The molecule has 8 heteroatoms. The van der Waals surface area contributed by atoms with Gasteiger partial charge in [0, 0.05) is 42.5 Å². The quantitative estimate of drug-likeness (QED) is 0.154. The predicted octanol–water partition coefficient (Wildman–Crippen LogP) is 7.79. The number of amides is 1. The van der Waals surface area contributed by atoms with Crippen LogP contribution in [0.5, 0.6) is 11.5 Å². The maximum Gasteiger partial charge on any atom is 0.410 e. The molecular weight excluding hydrogens is 546 g/mol. The molecule has 1 aromatic carbocycles. The maximum absolute atomic E-state index is 13.0. The van der Waals surface area contributed by atoms with E-state index in [1.807, 2.05) is 44.7 Å². The molecule has 0 aliphatic carbocycles. The Morgan fingerprint density at radius 1 is 1.19 bits per heavy atom. The van der Waals surface area contributed by atoms with Crippen molar-refractivity contribution in [1.82, 2.24) is 4.90 Å². The second kappa shape index (κ2) is 13.9. The molecule has 8 nitrogen and oxygen atoms in total. The third kappa shape index (κ3) is 8.68. The molecule has 240 valence electrons. The van der Waals surface area contributed by atoms with Gasteiger partial charge in [0.1, 0.15) is 22.7 Å². The third-order valence-electron chi connectivity index (χ3n) is 8.86. The van der Waals surface area contributed by atoms with E-state index in [0.29, 0.717) is 39.3 Å². The Hall–Kier alpha value is -2.74. The molecule has 4 atom stereocenters. The number of carbonyl (C=O) groups is 2. The van der Waals surface area contributed by atoms with Crippen molar-refractivity contribution in [3.05, 3.63) is 35.4 Å². The number of unbranched alkanes of at least 4 members (excludes halogenated alkanes) is 1. The highest BCUT2D eigenvalue weighted by Crippen LogP contribution is 2.56. The topological polar surface area (TPSA) is 83.5 Å². The van der Waals surface area contributed by atoms with E-state index in [4.69, 9.17) is 23.7 Å². The minimum atomic E-state index is -0.522. The number of rotatable bonds is 10. The molecule has 2 saturated heterocycles. The molecule has 1 spiro atoms. The van der Waals surface area contributed by atoms with Crippen LogP contribution in [-0.4, -0.2) is 61.1 Å². The number of allylic oxidation sites excluding steroid dienone is 2. The van der Waals surface area contributed by atoms with Crippen molar-refractivity contribution in [2.24, 2.45) is 11.3 Å². The summed E-state index contributed by atoms with van der Waals surface area (Å²) in [7, 11) is 0. The zero-order valence-corrected chi connectivity index (χ0v) is 27.5. The number of hydrogen-bond donors (Lipinski definition) is 0. The van der Waals surface area contributed by atoms with Crippen LogP contribution < -0.4 is 9.47 Å². The molecule has 0 unspecified atom stereocenters. The van der Waals surface area contributed by atoms with Crippen molar-refractivity contribution in [3.63, 3.8) is 0 Å². The van der Waals surface area contributed by atoms with Gasteiger partial charge in [0.05, 0.1) is 25.9 Å². The summed E-state index contributed by atoms with van der Waals surface area (Å²) >= 11 is 0. The van der Waals surface area contributed by atoms with Crippen LogP contribution in [0.3, 0.4) is 0 Å². The molecule has 0 aromatic heterocycles. The van der Waals surface area contributed by atoms with Crippen LogP contribution in [0.1, 0.15) is 112 Å². The lowest BCUT2D eigenvalue weighted by Gasteiger charge is -2.55. The van der Waals surface area contributed by atoms with Crippen molar-refractivity contribution < 1.29 is 33.3 Å². The molecule has 0 bridgehead atoms. The van der Waals surface area contributed by atoms with Gasteiger partial charge in [0.2, 0.25) is 0 Å². The molecule has 43 heavy (non-hydrogen) atoms. The van der Waals surface area contributed by atoms with Crippen LogP contribution in [0.4, 0.5) is 4.79 Å². The monoisotopic (exact) mass is 599 g/mol. The highest BCUT2D eigenvalue weighted by molar-refractivity contribution is 5.69. The standard InChI is InChI=1S/C35H53NO7/c1-8-39-30(37)14-9-10-20-40-26-15-16-27-29(21-26)42-34(7,17-11-13-25(2)3)28-22-35(24-41-31(27)28)18-12-19-36(23-35)32(38)43-33(4,5)6/h13,15-16,21,28,31H,8-12,14,17-20,22-24H2,1-7H3/t28-,31+,34-,35-/m0/s1. The summed E-state index contributed by atoms with van der Waals surface area (Å²) < 4.78 is 30.5. The second-order valence-corrected chi connectivity index (χ2v) is 14.1. The maximum atomic E-state index is 13.0. The lowest BCUT2D eigenvalue weighted by Crippen LogP contribution is -2.57. The van der Waals surface area contributed by atoms with E-state index in [1.54, 1.807) is 0 Å². The first-order valence-electron chi connectivity index (χ1n) is 16.2. The predicted molar refractivity (Wildman–Crippen MR) is 166 cm³/mol. The Kier molecular flexibility index (Phi) is 10.7. The molecule has 0 N–H and O–H groups in total. The van der Waals surface area contributed by atoms with Gasteiger partial charge in [-0.1, -0.05) is 11.6 Å². The minimum Gasteiger partial charge on any atom is -0.493 e. The Bertz CT molecular complexity index is 1150. The molecule has 3 aliphatic heterocycles. The molecular formula is C35H53NO7. The van der Waals surface area contributed by atoms with Crippen molar-refractivity contribution in [1.29, 1.82) is 0 Å². The number of fused-ring (bicyclic) bond motifs is 3. The van der Waals surface area contributed by atoms with Gasteiger partial charge >= 0.3 is 12.1 Å². The van der Waals surface area contributed by atoms with Gasteiger partial charge < -0.3 is 28.6 Å². The lowest BCUT2D eigenvalue weighted by molar-refractivity contribution is -0.180. The number of benzene rings is 1. The number of piperidine rings is 1. The van der Waals surface area contributed by atoms with E-state index >= 15 is 0 Å². The largest absolute Gasteiger partial charge is 0.493 e. The van der Waals surface area contributed by atoms with Gasteiger partial charge in [-0.3, -0.25) is 4.79 Å². The Morgan fingerprint density at radius 2 is 1.98 bits per heavy atom. The van der Waals surface area contributed by atoms with Crippen LogP contribution >= 0.6 is 0 Å². The van der Waals surface area contributed by atoms with Crippen molar-refractivity contribution >= 4 is 12.1 Å². The number of esters is 1. The van der Waals surface area contributed by atoms with E-state index in [9.17, 15) is 9.59 Å². The van der Waals surface area contributed by atoms with E-state index in [2.05, 4.69) is 32.9 Å². The van der Waals surface area contributed by atoms with Gasteiger partial charge in [-0.05, 0) is 106 Å². The van der Waals surface area contributed by atoms with Gasteiger partial charge in [0.15, 0.2) is 0 Å². The second-order valence-electron chi connectivity index (χ2n) is 14.1. The van der Waals surface area contributed by atoms with Crippen LogP contribution in [0.25, 0.3) is 0 Å². The molecule has 4 rings (SSSR count). The fourth-order valence-electron chi connectivity index (χ4n) is 6.77. The smallest absolute Gasteiger partial charge is 0.410 e. The van der Waals surface area contributed by atoms with Crippen molar-refractivity contribution in [3.8, 4) is 11.5 Å². The number of ether oxygens (including phenoxy) is 5. The third-order valence-corrected chi connectivity index (χ3v) is 8.86. The molecule has 3 aliphatic rings. The number of carbonyl (C=O) groups excluding carboxylic acids is 2. The van der Waals surface area contributed by atoms with Gasteiger partial charge in [-0.25, -0.2) is 4.79 Å². The summed E-state index contributed by atoms with van der Waals surface area (Å²) in [5.41, 5.74) is 1.27. The van der Waals surface area contributed by atoms with Crippen LogP contribution in [0.2, 0.25) is 0 Å². The van der Waals surface area contributed by atoms with E-state index < -0.39 is 11.2 Å². The fraction of sp³-hybridized carbons (Fsp3) is 0.714. The molecule has 1 amide bonds. The van der Waals surface area contributed by atoms with E-state index in [1.165, 1.54) is 5.57 Å². The molecule has 0 radical (unpaired) electrons. The molecule has 1 aromatic rings. The normalized spacial score (nSPS) is 26.5. The van der Waals surface area contributed by atoms with Gasteiger partial charge in [-0.15, -0.1) is 0 Å². The first-order chi connectivity index (χ1) is 20.3. The molecule has 3 heterocycles. The average Bonchev–Trinajstić information content (AvgIpc) is 2.92. The van der Waals surface area contributed by atoms with Crippen LogP contribution in [-0.2, 0) is 19.0 Å². The fourth-order valence-corrected chi connectivity index (χ4v) is 6.77. The Labute approximate surface area is 258 Å². The summed E-state index contributed by atoms with van der Waals surface area (Å²) in [6.45, 7) is 16.9. The molecule has 0 saturated carbocycles. The highest BCUT2D eigenvalue weighted by atomic mass is 16.6. The summed E-state index contributed by atoms with van der Waals surface area (Å²) in [4.78, 5) is 26.5. The summed E-state index contributed by atoms with van der Waals surface area (Å²) in [6, 6.07) is 6.08. The van der Waals surface area contributed by atoms with Crippen LogP contribution in [0.15, 0.2) is 29.8 Å². The zero-order chi connectivity index (χ0) is 31.3. The number of likely N-dealkylation sites (tertiary alicyclic amines) is 1. The highest BCUT2D eigenvalue weighted by Gasteiger charge is 2.55. The van der Waals surface area contributed by atoms with Gasteiger partial charge in [-0.2, -0.15) is 0 Å². The average molecular weight is 600 g/mol. The first-order valence-corrected chi connectivity index (χ1v) is 16.2. The van der Waals surface area contributed by atoms with E-state index in [0.717, 1.165) is 62.0 Å². The van der Waals surface area contributed by atoms with Gasteiger partial charge in [0.25, 0.3) is 0 Å². The summed E-state index contributed by atoms with van der Waals surface area (Å²) in [6.07, 6.45) is 8.55. The van der Waals surface area contributed by atoms with E-state index in [-0.39, 0.29) is 29.5 Å². The Morgan fingerprint density at radius 3 is 2.70 bits per heavy atom. The molecule has 2 fully saturated rings. The lowest BCUT2D eigenvalue weighted by atomic mass is 9.64. The Balaban J connectivity index is 1.50. The van der Waals surface area contributed by atoms with Crippen LogP contribution in [0, 0.1) is 11.3 Å². The number of hydrogen-bond acceptors (Lipinski definition) is 7. The minimum absolute atomic E-state index is 0.0818. The van der Waals surface area contributed by atoms with Crippen molar-refractivity contribution in [2.75, 3.05) is 32.9 Å². The zero-order valence-electron chi connectivity index (χ0n) is 27.5. The summed E-state index contributed by atoms with van der Waals surface area (Å²) in [5, 5.41) is 0. The number of nitrogens with zero attached hydrogens (tertiary/aromatic N) is 1. The van der Waals surface area contributed by atoms with Crippen molar-refractivity contribution in [2.45, 2.75) is 117 Å². The first kappa shape index (κ1) is 33.2. The SMILES string of the molecule is CCOC(=O)CCCCOc1ccc2c(c1)O[C@@](C)(CCC=C(C)C)[C@H]1C[C@]3(CCCN(C(=O)OC(C)(C)C)C3)CO[C@H]21. The summed E-state index contributed by atoms with van der Waals surface area (Å²) in [5.74, 6) is 1.56.